The zero-order valence-corrected chi connectivity index (χ0v) is 7.84. The van der Waals surface area contributed by atoms with E-state index in [-0.39, 0.29) is 0 Å². The largest absolute Gasteiger partial charge is 0.464 e. The summed E-state index contributed by atoms with van der Waals surface area (Å²) in [7, 11) is 0. The Morgan fingerprint density at radius 3 is 3.13 bits per heavy atom. The fraction of sp³-hybridized carbons (Fsp3) is 0. The van der Waals surface area contributed by atoms with Crippen LogP contribution < -0.4 is 4.74 Å². The molecule has 3 rings (SSSR count). The van der Waals surface area contributed by atoms with Crippen LogP contribution in [0.25, 0.3) is 17.3 Å². The molecule has 0 N–H and O–H groups in total. The Morgan fingerprint density at radius 2 is 2.13 bits per heavy atom. The quantitative estimate of drug-likeness (QED) is 0.647. The lowest BCUT2D eigenvalue weighted by atomic mass is 10.1. The van der Waals surface area contributed by atoms with Crippen LogP contribution in [0, 0.1) is 6.20 Å². The van der Waals surface area contributed by atoms with E-state index in [1.807, 2.05) is 30.3 Å². The second-order valence-corrected chi connectivity index (χ2v) is 3.19. The number of hydrogen-bond donors (Lipinski definition) is 0. The number of para-hydroxylation sites is 1. The Labute approximate surface area is 87.0 Å². The topological polar surface area (TPSA) is 35.0 Å². The Hall–Kier alpha value is -2.16. The van der Waals surface area contributed by atoms with Gasteiger partial charge in [0.15, 0.2) is 0 Å². The van der Waals surface area contributed by atoms with Gasteiger partial charge in [0.2, 0.25) is 0 Å². The Balaban J connectivity index is 2.33. The van der Waals surface area contributed by atoms with E-state index >= 15 is 0 Å². The van der Waals surface area contributed by atoms with Crippen LogP contribution >= 0.6 is 0 Å². The maximum Gasteiger partial charge on any atom is 0.135 e. The molecule has 1 aromatic heterocycles. The first-order valence-corrected chi connectivity index (χ1v) is 4.61. The average molecular weight is 195 g/mol. The number of nitrogens with zero attached hydrogens (tertiary/aromatic N) is 2. The van der Waals surface area contributed by atoms with Gasteiger partial charge in [-0.15, -0.1) is 10.2 Å². The van der Waals surface area contributed by atoms with E-state index in [4.69, 9.17) is 4.74 Å². The Morgan fingerprint density at radius 1 is 1.20 bits per heavy atom. The van der Waals surface area contributed by atoms with E-state index in [1.165, 1.54) is 0 Å². The van der Waals surface area contributed by atoms with Crippen molar-refractivity contribution in [3.8, 4) is 17.0 Å². The van der Waals surface area contributed by atoms with Gasteiger partial charge in [-0.3, -0.25) is 0 Å². The van der Waals surface area contributed by atoms with E-state index in [2.05, 4.69) is 16.4 Å². The van der Waals surface area contributed by atoms with E-state index in [9.17, 15) is 0 Å². The van der Waals surface area contributed by atoms with E-state index in [1.54, 1.807) is 12.3 Å². The fourth-order valence-electron chi connectivity index (χ4n) is 1.59. The number of hydrogen-bond acceptors (Lipinski definition) is 3. The predicted octanol–water partition coefficient (Wildman–Crippen LogP) is 2.31. The predicted molar refractivity (Wildman–Crippen MR) is 56.0 cm³/mol. The third kappa shape index (κ3) is 1.29. The molecule has 0 atom stereocenters. The van der Waals surface area contributed by atoms with Crippen molar-refractivity contribution in [3.63, 3.8) is 0 Å². The fourth-order valence-corrected chi connectivity index (χ4v) is 1.59. The molecule has 1 aliphatic heterocycles. The van der Waals surface area contributed by atoms with Crippen LogP contribution in [0.3, 0.4) is 0 Å². The molecule has 15 heavy (non-hydrogen) atoms. The molecule has 0 amide bonds. The van der Waals surface area contributed by atoms with Gasteiger partial charge in [-0.1, -0.05) is 12.1 Å². The van der Waals surface area contributed by atoms with Crippen LogP contribution in [0.4, 0.5) is 0 Å². The molecular weight excluding hydrogens is 188 g/mol. The summed E-state index contributed by atoms with van der Waals surface area (Å²) in [5, 5.41) is 7.86. The third-order valence-corrected chi connectivity index (χ3v) is 2.29. The second-order valence-electron chi connectivity index (χ2n) is 3.19. The first-order valence-electron chi connectivity index (χ1n) is 4.61. The minimum atomic E-state index is 0.799. The molecule has 0 saturated carbocycles. The second kappa shape index (κ2) is 3.20. The summed E-state index contributed by atoms with van der Waals surface area (Å²) >= 11 is 0. The van der Waals surface area contributed by atoms with Crippen molar-refractivity contribution >= 4 is 6.08 Å². The van der Waals surface area contributed by atoms with E-state index in [0.717, 1.165) is 22.6 Å². The van der Waals surface area contributed by atoms with Crippen LogP contribution in [0.1, 0.15) is 5.56 Å². The molecule has 71 valence electrons. The van der Waals surface area contributed by atoms with E-state index in [0.29, 0.717) is 0 Å². The lowest BCUT2D eigenvalue weighted by Crippen LogP contribution is -1.90. The monoisotopic (exact) mass is 195 g/mol. The zero-order chi connectivity index (χ0) is 10.1. The standard InChI is InChI=1S/C12H7N2O/c1-2-4-11-10(3-1)12-9(6-8-15-11)5-7-13-14-12/h1-6,8H. The maximum atomic E-state index is 5.47. The van der Waals surface area contributed by atoms with Gasteiger partial charge in [-0.25, -0.2) is 0 Å². The number of rotatable bonds is 0. The van der Waals surface area contributed by atoms with Crippen LogP contribution in [0.2, 0.25) is 0 Å². The van der Waals surface area contributed by atoms with Crippen molar-refractivity contribution in [2.45, 2.75) is 0 Å². The SMILES string of the molecule is [c]1cc2c(nn1)-c1ccccc1OC=C2. The molecular formula is C12H7N2O. The Kier molecular flexibility index (Phi) is 1.75. The maximum absolute atomic E-state index is 5.47. The first kappa shape index (κ1) is 8.17. The van der Waals surface area contributed by atoms with Gasteiger partial charge >= 0.3 is 0 Å². The number of fused-ring (bicyclic) bond motifs is 3. The molecule has 0 fully saturated rings. The molecule has 1 aromatic carbocycles. The summed E-state index contributed by atoms with van der Waals surface area (Å²) < 4.78 is 5.47. The molecule has 3 nitrogen and oxygen atoms in total. The van der Waals surface area contributed by atoms with Crippen LogP contribution in [0.15, 0.2) is 36.6 Å². The highest BCUT2D eigenvalue weighted by Gasteiger charge is 2.12. The lowest BCUT2D eigenvalue weighted by Gasteiger charge is -2.05. The van der Waals surface area contributed by atoms with Crippen molar-refractivity contribution < 1.29 is 4.74 Å². The normalized spacial score (nSPS) is 12.3. The minimum Gasteiger partial charge on any atom is -0.464 e. The van der Waals surface area contributed by atoms with Gasteiger partial charge in [0, 0.05) is 11.1 Å². The summed E-state index contributed by atoms with van der Waals surface area (Å²) in [5.41, 5.74) is 2.76. The van der Waals surface area contributed by atoms with Crippen molar-refractivity contribution in [3.05, 3.63) is 48.4 Å². The van der Waals surface area contributed by atoms with Gasteiger partial charge in [0.1, 0.15) is 17.6 Å². The van der Waals surface area contributed by atoms with Crippen molar-refractivity contribution in [2.75, 3.05) is 0 Å². The average Bonchev–Trinajstić information content (AvgIpc) is 2.48. The number of ether oxygens (including phenoxy) is 1. The van der Waals surface area contributed by atoms with Crippen molar-refractivity contribution in [1.82, 2.24) is 10.2 Å². The highest BCUT2D eigenvalue weighted by Crippen LogP contribution is 2.32. The minimum absolute atomic E-state index is 0.799. The third-order valence-electron chi connectivity index (χ3n) is 2.29. The van der Waals surface area contributed by atoms with Crippen LogP contribution in [0.5, 0.6) is 5.75 Å². The van der Waals surface area contributed by atoms with Gasteiger partial charge in [0.05, 0.1) is 6.26 Å². The van der Waals surface area contributed by atoms with Gasteiger partial charge in [0.25, 0.3) is 0 Å². The highest BCUT2D eigenvalue weighted by atomic mass is 16.5. The van der Waals surface area contributed by atoms with Crippen molar-refractivity contribution in [2.24, 2.45) is 0 Å². The molecule has 1 aliphatic rings. The lowest BCUT2D eigenvalue weighted by molar-refractivity contribution is 0.488. The number of aromatic nitrogens is 2. The molecule has 3 heteroatoms. The first-order chi connectivity index (χ1) is 7.45. The molecule has 0 saturated heterocycles. The zero-order valence-electron chi connectivity index (χ0n) is 7.84. The summed E-state index contributed by atoms with van der Waals surface area (Å²) in [6.45, 7) is 0. The molecule has 0 bridgehead atoms. The highest BCUT2D eigenvalue weighted by molar-refractivity contribution is 5.77. The van der Waals surface area contributed by atoms with Crippen LogP contribution in [-0.2, 0) is 0 Å². The van der Waals surface area contributed by atoms with E-state index < -0.39 is 0 Å². The van der Waals surface area contributed by atoms with Gasteiger partial charge in [-0.2, -0.15) is 0 Å². The van der Waals surface area contributed by atoms with Gasteiger partial charge in [-0.05, 0) is 24.3 Å². The summed E-state index contributed by atoms with van der Waals surface area (Å²) in [4.78, 5) is 0. The summed E-state index contributed by atoms with van der Waals surface area (Å²) in [6.07, 6.45) is 6.23. The molecule has 0 aliphatic carbocycles. The number of benzene rings is 1. The smallest absolute Gasteiger partial charge is 0.135 e. The Bertz CT molecular complexity index is 535. The molecule has 1 radical (unpaired) electrons. The van der Waals surface area contributed by atoms with Gasteiger partial charge < -0.3 is 4.74 Å². The van der Waals surface area contributed by atoms with Crippen molar-refractivity contribution in [1.29, 1.82) is 0 Å². The van der Waals surface area contributed by atoms with Crippen LogP contribution in [-0.4, -0.2) is 10.2 Å². The molecule has 0 unspecified atom stereocenters. The summed E-state index contributed by atoms with van der Waals surface area (Å²) in [6, 6.07) is 9.56. The molecule has 2 aromatic rings. The summed E-state index contributed by atoms with van der Waals surface area (Å²) in [5.74, 6) is 0.799. The molecule has 2 heterocycles. The molecule has 0 spiro atoms.